The molecular formula is C62H82Cl2N9NaO7. The Hall–Kier alpha value is -5.10. The molecule has 2 amide bonds. The number of amides is 2. The number of piperidine rings is 2. The van der Waals surface area contributed by atoms with Crippen LogP contribution in [0.25, 0.3) is 27.7 Å². The van der Waals surface area contributed by atoms with Crippen LogP contribution >= 0.6 is 23.2 Å². The summed E-state index contributed by atoms with van der Waals surface area (Å²) in [4.78, 5) is 76.4. The van der Waals surface area contributed by atoms with Crippen LogP contribution in [0.4, 0.5) is 21.5 Å². The molecule has 3 aromatic heterocycles. The van der Waals surface area contributed by atoms with Gasteiger partial charge in [0.15, 0.2) is 0 Å². The fourth-order valence-corrected chi connectivity index (χ4v) is 12.2. The molecule has 0 spiro atoms. The average Bonchev–Trinajstić information content (AvgIpc) is 4.08. The maximum Gasteiger partial charge on any atom is 1.00 e. The number of anilines is 2. The Morgan fingerprint density at radius 3 is 1.63 bits per heavy atom. The molecule has 2 aliphatic heterocycles. The van der Waals surface area contributed by atoms with E-state index >= 15 is 0 Å². The molecule has 2 saturated carbocycles. The monoisotopic (exact) mass is 1160 g/mol. The SMILES string of the molecule is C.CC(C)(C)OC(=O)N1CCCC(C(=O)CC2CCC(Nc3ncc(Cl)c(-c4c[nH]c5ccccc45)n3)CC2)C1.CC(C)(C)OC(=O)N1CCCC(C(=O)CC2CCC(Nc3ncc(Cl)c(C4=CCc5ccccc54)n3)CC2)C1.[Na+].[OH-]. The summed E-state index contributed by atoms with van der Waals surface area (Å²) < 4.78 is 11.0. The summed E-state index contributed by atoms with van der Waals surface area (Å²) in [5, 5.41) is 9.16. The van der Waals surface area contributed by atoms with Crippen molar-refractivity contribution in [3.63, 3.8) is 0 Å². The Balaban J connectivity index is 0.000000252. The summed E-state index contributed by atoms with van der Waals surface area (Å²) in [5.74, 6) is 2.33. The van der Waals surface area contributed by atoms with Gasteiger partial charge in [-0.2, -0.15) is 0 Å². The number of carbonyl (C=O) groups is 4. The third-order valence-corrected chi connectivity index (χ3v) is 16.4. The van der Waals surface area contributed by atoms with Crippen LogP contribution in [0.1, 0.15) is 156 Å². The summed E-state index contributed by atoms with van der Waals surface area (Å²) in [6.07, 6.45) is 20.1. The number of halogens is 2. The number of nitrogens with one attached hydrogen (secondary N) is 3. The number of aromatic amines is 1. The van der Waals surface area contributed by atoms with Crippen molar-refractivity contribution in [2.24, 2.45) is 23.7 Å². The van der Waals surface area contributed by atoms with E-state index in [9.17, 15) is 19.2 Å². The van der Waals surface area contributed by atoms with Gasteiger partial charge in [0, 0.05) is 91.2 Å². The van der Waals surface area contributed by atoms with Crippen molar-refractivity contribution in [3.8, 4) is 11.3 Å². The molecule has 19 heteroatoms. The second-order valence-corrected chi connectivity index (χ2v) is 24.9. The van der Waals surface area contributed by atoms with Gasteiger partial charge in [-0.1, -0.05) is 79.2 Å². The molecule has 432 valence electrons. The first-order valence-electron chi connectivity index (χ1n) is 28.3. The minimum absolute atomic E-state index is 0. The number of allylic oxidation sites excluding steroid dienone is 1. The topological polar surface area (TPSA) is 215 Å². The fraction of sp³-hybridized carbons (Fsp3) is 0.548. The quantitative estimate of drug-likeness (QED) is 0.0993. The molecule has 2 saturated heterocycles. The Labute approximate surface area is 510 Å². The van der Waals surface area contributed by atoms with Gasteiger partial charge in [0.25, 0.3) is 0 Å². The number of hydrogen-bond donors (Lipinski definition) is 3. The maximum absolute atomic E-state index is 13.1. The van der Waals surface area contributed by atoms with Crippen molar-refractivity contribution >= 4 is 75.3 Å². The van der Waals surface area contributed by atoms with E-state index in [0.717, 1.165) is 111 Å². The van der Waals surface area contributed by atoms with Gasteiger partial charge in [0.2, 0.25) is 11.9 Å². The number of hydrogen-bond acceptors (Lipinski definition) is 13. The van der Waals surface area contributed by atoms with E-state index in [0.29, 0.717) is 78.5 Å². The molecule has 16 nitrogen and oxygen atoms in total. The van der Waals surface area contributed by atoms with E-state index in [2.05, 4.69) is 55.9 Å². The van der Waals surface area contributed by atoms with Gasteiger partial charge in [-0.15, -0.1) is 0 Å². The van der Waals surface area contributed by atoms with E-state index in [1.165, 1.54) is 11.1 Å². The number of H-pyrrole nitrogens is 1. The number of para-hydroxylation sites is 1. The molecule has 5 heterocycles. The Morgan fingerprint density at radius 1 is 0.642 bits per heavy atom. The molecule has 0 bridgehead atoms. The van der Waals surface area contributed by atoms with Crippen molar-refractivity contribution in [2.75, 3.05) is 36.8 Å². The molecule has 4 N–H and O–H groups in total. The number of likely N-dealkylation sites (tertiary alicyclic amines) is 2. The standard InChI is InChI=1S/C31H39ClN4O3.C30H38ClN5O3.CH4.Na.H2O/c1-31(2,3)39-30(38)36-16-6-8-22(19-36)27(37)17-20-10-13-23(14-11-20)34-29-33-18-26(32)28(35-29)25-15-12-21-7-4-5-9-24(21)25;1-30(2,3)39-29(38)36-14-6-7-20(18-36)26(37)15-19-10-12-21(13-11-19)34-28-33-17-24(31)27(35-28)23-16-32-25-9-5-4-8-22(23)25;;;/h4-5,7,9,15,18,20,22-23H,6,8,10-14,16-17,19H2,1-3H3,(H,33,34,35);4-5,8-9,16-17,19-21,32H,6-7,10-15,18H2,1-3H3,(H,33,34,35);1H4;;1H2/q;;;+1;/p-1. The van der Waals surface area contributed by atoms with Crippen molar-refractivity contribution in [1.29, 1.82) is 0 Å². The Bertz CT molecular complexity index is 2980. The van der Waals surface area contributed by atoms with E-state index < -0.39 is 11.2 Å². The maximum atomic E-state index is 13.1. The minimum Gasteiger partial charge on any atom is -0.870 e. The van der Waals surface area contributed by atoms with Crippen LogP contribution < -0.4 is 40.2 Å². The van der Waals surface area contributed by atoms with E-state index in [4.69, 9.17) is 42.6 Å². The Kier molecular flexibility index (Phi) is 23.2. The second kappa shape index (κ2) is 28.9. The van der Waals surface area contributed by atoms with Gasteiger partial charge in [0.05, 0.1) is 33.8 Å². The smallest absolute Gasteiger partial charge is 0.870 e. The number of rotatable bonds is 12. The number of Topliss-reactive ketones (excluding diaryl/α,β-unsaturated/α-hetero) is 2. The second-order valence-electron chi connectivity index (χ2n) is 24.1. The fourth-order valence-electron chi connectivity index (χ4n) is 11.8. The Morgan fingerprint density at radius 2 is 1.11 bits per heavy atom. The zero-order valence-electron chi connectivity index (χ0n) is 47.7. The molecule has 5 aromatic rings. The largest absolute Gasteiger partial charge is 1.00 e. The average molecular weight is 1160 g/mol. The number of nitrogens with zero attached hydrogens (tertiary/aromatic N) is 6. The van der Waals surface area contributed by atoms with Crippen molar-refractivity contribution in [1.82, 2.24) is 34.7 Å². The molecule has 2 atom stereocenters. The number of ketones is 2. The molecule has 2 aromatic carbocycles. The van der Waals surface area contributed by atoms with Gasteiger partial charge in [-0.05, 0) is 154 Å². The van der Waals surface area contributed by atoms with Crippen LogP contribution in [0.5, 0.6) is 0 Å². The zero-order chi connectivity index (χ0) is 55.1. The third-order valence-electron chi connectivity index (χ3n) is 15.8. The van der Waals surface area contributed by atoms with Crippen LogP contribution in [0, 0.1) is 23.7 Å². The summed E-state index contributed by atoms with van der Waals surface area (Å²) >= 11 is 13.0. The third kappa shape index (κ3) is 17.5. The van der Waals surface area contributed by atoms with Gasteiger partial charge in [-0.25, -0.2) is 29.5 Å². The summed E-state index contributed by atoms with van der Waals surface area (Å²) in [5.41, 5.74) is 5.94. The number of benzene rings is 2. The molecule has 81 heavy (non-hydrogen) atoms. The predicted octanol–water partition coefficient (Wildman–Crippen LogP) is 11.0. The van der Waals surface area contributed by atoms with Crippen molar-refractivity contribution in [2.45, 2.75) is 169 Å². The molecule has 0 radical (unpaired) electrons. The summed E-state index contributed by atoms with van der Waals surface area (Å²) in [6.45, 7) is 13.5. The summed E-state index contributed by atoms with van der Waals surface area (Å²) in [7, 11) is 0. The molecule has 3 aliphatic carbocycles. The molecule has 4 fully saturated rings. The number of ether oxygens (including phenoxy) is 2. The van der Waals surface area contributed by atoms with Crippen LogP contribution in [-0.4, -0.2) is 113 Å². The molecule has 5 aliphatic rings. The van der Waals surface area contributed by atoms with Crippen molar-refractivity contribution < 1.29 is 63.7 Å². The summed E-state index contributed by atoms with van der Waals surface area (Å²) in [6, 6.07) is 17.0. The van der Waals surface area contributed by atoms with Gasteiger partial charge in [-0.3, -0.25) is 9.59 Å². The molecular weight excluding hydrogens is 1080 g/mol. The number of aromatic nitrogens is 5. The first-order chi connectivity index (χ1) is 37.3. The molecule has 10 rings (SSSR count). The normalized spacial score (nSPS) is 21.8. The minimum atomic E-state index is -0.532. The van der Waals surface area contributed by atoms with E-state index in [1.54, 1.807) is 22.2 Å². The van der Waals surface area contributed by atoms with Crippen LogP contribution in [0.3, 0.4) is 0 Å². The predicted molar refractivity (Wildman–Crippen MR) is 316 cm³/mol. The van der Waals surface area contributed by atoms with Crippen molar-refractivity contribution in [3.05, 3.63) is 100 Å². The van der Waals surface area contributed by atoms with Gasteiger partial charge in [0.1, 0.15) is 22.8 Å². The van der Waals surface area contributed by atoms with Crippen LogP contribution in [-0.2, 0) is 25.5 Å². The van der Waals surface area contributed by atoms with Gasteiger partial charge >= 0.3 is 41.7 Å². The van der Waals surface area contributed by atoms with Gasteiger partial charge < -0.3 is 40.4 Å². The molecule has 2 unspecified atom stereocenters. The van der Waals surface area contributed by atoms with Crippen LogP contribution in [0.15, 0.2) is 73.2 Å². The van der Waals surface area contributed by atoms with Crippen LogP contribution in [0.2, 0.25) is 10.0 Å². The van der Waals surface area contributed by atoms with E-state index in [-0.39, 0.29) is 90.1 Å². The number of fused-ring (bicyclic) bond motifs is 2. The first-order valence-corrected chi connectivity index (χ1v) is 29.0. The first kappa shape index (κ1) is 65.1. The number of carbonyl (C=O) groups excluding carboxylic acids is 4. The van der Waals surface area contributed by atoms with E-state index in [1.807, 2.05) is 72.0 Å². The zero-order valence-corrected chi connectivity index (χ0v) is 51.2.